The maximum atomic E-state index is 12.6. The third-order valence-electron chi connectivity index (χ3n) is 4.90. The number of nitrogens with zero attached hydrogens (tertiary/aromatic N) is 1. The second kappa shape index (κ2) is 8.50. The van der Waals surface area contributed by atoms with Gasteiger partial charge >= 0.3 is 0 Å². The van der Waals surface area contributed by atoms with Crippen molar-refractivity contribution in [1.82, 2.24) is 9.71 Å². The molecule has 0 spiro atoms. The molecule has 0 unspecified atom stereocenters. The number of aryl methyl sites for hydroxylation is 1. The van der Waals surface area contributed by atoms with E-state index in [2.05, 4.69) is 15.0 Å². The zero-order valence-corrected chi connectivity index (χ0v) is 17.2. The molecule has 6 nitrogen and oxygen atoms in total. The number of thiazole rings is 1. The van der Waals surface area contributed by atoms with Crippen LogP contribution in [-0.4, -0.2) is 32.1 Å². The van der Waals surface area contributed by atoms with Crippen molar-refractivity contribution in [3.05, 3.63) is 34.7 Å². The molecule has 0 aliphatic heterocycles. The monoisotopic (exact) mass is 407 g/mol. The Kier molecular flexibility index (Phi) is 6.29. The van der Waals surface area contributed by atoms with Crippen molar-refractivity contribution in [2.45, 2.75) is 32.6 Å². The number of carbonyl (C=O) groups is 1. The third-order valence-corrected chi connectivity index (χ3v) is 6.36. The van der Waals surface area contributed by atoms with Crippen molar-refractivity contribution < 1.29 is 13.2 Å². The van der Waals surface area contributed by atoms with Gasteiger partial charge in [0.15, 0.2) is 0 Å². The van der Waals surface area contributed by atoms with Gasteiger partial charge in [-0.05, 0) is 50.7 Å². The first-order valence-corrected chi connectivity index (χ1v) is 11.9. The van der Waals surface area contributed by atoms with E-state index in [-0.39, 0.29) is 11.8 Å². The van der Waals surface area contributed by atoms with Crippen LogP contribution in [0.3, 0.4) is 0 Å². The molecule has 1 amide bonds. The molecule has 8 heteroatoms. The second-order valence-corrected chi connectivity index (χ2v) is 10.1. The van der Waals surface area contributed by atoms with Gasteiger partial charge in [-0.3, -0.25) is 4.79 Å². The van der Waals surface area contributed by atoms with Crippen molar-refractivity contribution in [3.8, 4) is 11.3 Å². The van der Waals surface area contributed by atoms with Gasteiger partial charge in [0.1, 0.15) is 0 Å². The fraction of sp³-hybridized carbons (Fsp3) is 0.474. The van der Waals surface area contributed by atoms with Gasteiger partial charge in [-0.1, -0.05) is 12.1 Å². The lowest BCUT2D eigenvalue weighted by Crippen LogP contribution is -2.33. The van der Waals surface area contributed by atoms with E-state index in [1.165, 1.54) is 6.26 Å². The lowest BCUT2D eigenvalue weighted by Gasteiger charge is -2.27. The first-order valence-electron chi connectivity index (χ1n) is 9.08. The van der Waals surface area contributed by atoms with Crippen molar-refractivity contribution in [2.75, 3.05) is 18.1 Å². The number of nitrogens with one attached hydrogen (secondary N) is 2. The molecule has 1 heterocycles. The van der Waals surface area contributed by atoms with Gasteiger partial charge in [0, 0.05) is 29.1 Å². The summed E-state index contributed by atoms with van der Waals surface area (Å²) in [6.07, 6.45) is 4.46. The van der Waals surface area contributed by atoms with Gasteiger partial charge in [-0.15, -0.1) is 11.3 Å². The predicted molar refractivity (Wildman–Crippen MR) is 109 cm³/mol. The summed E-state index contributed by atoms with van der Waals surface area (Å²) in [5.41, 5.74) is 2.70. The highest BCUT2D eigenvalue weighted by atomic mass is 32.2. The summed E-state index contributed by atoms with van der Waals surface area (Å²) in [4.78, 5) is 17.1. The molecule has 1 aliphatic rings. The summed E-state index contributed by atoms with van der Waals surface area (Å²) < 4.78 is 25.0. The lowest BCUT2D eigenvalue weighted by molar-refractivity contribution is -0.121. The first kappa shape index (κ1) is 20.0. The summed E-state index contributed by atoms with van der Waals surface area (Å²) in [5.74, 6) is 0.320. The minimum absolute atomic E-state index is 0.0235. The molecule has 2 N–H and O–H groups in total. The minimum atomic E-state index is -3.15. The van der Waals surface area contributed by atoms with Gasteiger partial charge in [0.25, 0.3) is 0 Å². The van der Waals surface area contributed by atoms with E-state index in [0.29, 0.717) is 12.5 Å². The van der Waals surface area contributed by atoms with Crippen LogP contribution in [0.25, 0.3) is 11.3 Å². The molecule has 1 aliphatic carbocycles. The largest absolute Gasteiger partial charge is 0.326 e. The molecule has 1 saturated carbocycles. The number of anilines is 1. The Bertz CT molecular complexity index is 900. The zero-order valence-electron chi connectivity index (χ0n) is 15.6. The Morgan fingerprint density at radius 1 is 1.26 bits per heavy atom. The Labute approximate surface area is 164 Å². The van der Waals surface area contributed by atoms with E-state index in [9.17, 15) is 13.2 Å². The maximum Gasteiger partial charge on any atom is 0.227 e. The summed E-state index contributed by atoms with van der Waals surface area (Å²) in [7, 11) is -3.15. The molecule has 1 aromatic carbocycles. The maximum absolute atomic E-state index is 12.6. The highest BCUT2D eigenvalue weighted by Gasteiger charge is 2.26. The molecule has 3 rings (SSSR count). The molecule has 27 heavy (non-hydrogen) atoms. The number of sulfonamides is 1. The van der Waals surface area contributed by atoms with E-state index in [1.807, 2.05) is 36.6 Å². The van der Waals surface area contributed by atoms with Gasteiger partial charge in [0.2, 0.25) is 15.9 Å². The molecule has 0 atom stereocenters. The zero-order chi connectivity index (χ0) is 19.4. The summed E-state index contributed by atoms with van der Waals surface area (Å²) in [6.45, 7) is 2.43. The van der Waals surface area contributed by atoms with Crippen LogP contribution in [0.15, 0.2) is 29.6 Å². The average molecular weight is 408 g/mol. The van der Waals surface area contributed by atoms with E-state index in [0.717, 1.165) is 47.6 Å². The number of carbonyl (C=O) groups excluding carboxylic acids is 1. The Balaban J connectivity index is 1.54. The highest BCUT2D eigenvalue weighted by molar-refractivity contribution is 7.88. The SMILES string of the molecule is Cc1nc(-c2cccc(NC(=O)C3CCC(CNS(C)(=O)=O)CC3)c2)cs1. The number of hydrogen-bond acceptors (Lipinski definition) is 5. The molecule has 0 saturated heterocycles. The molecule has 146 valence electrons. The van der Waals surface area contributed by atoms with E-state index >= 15 is 0 Å². The van der Waals surface area contributed by atoms with Crippen LogP contribution in [0, 0.1) is 18.8 Å². The first-order chi connectivity index (χ1) is 12.8. The Hall–Kier alpha value is -1.77. The highest BCUT2D eigenvalue weighted by Crippen LogP contribution is 2.30. The third kappa shape index (κ3) is 5.85. The van der Waals surface area contributed by atoms with E-state index in [4.69, 9.17) is 0 Å². The number of rotatable bonds is 6. The van der Waals surface area contributed by atoms with Gasteiger partial charge < -0.3 is 5.32 Å². The van der Waals surface area contributed by atoms with Crippen molar-refractivity contribution in [3.63, 3.8) is 0 Å². The molecule has 1 aromatic heterocycles. The average Bonchev–Trinajstić information content (AvgIpc) is 3.06. The molecular weight excluding hydrogens is 382 g/mol. The van der Waals surface area contributed by atoms with Crippen molar-refractivity contribution in [2.24, 2.45) is 11.8 Å². The second-order valence-electron chi connectivity index (χ2n) is 7.16. The number of amides is 1. The van der Waals surface area contributed by atoms with Crippen molar-refractivity contribution >= 4 is 33.0 Å². The van der Waals surface area contributed by atoms with Crippen LogP contribution < -0.4 is 10.0 Å². The normalized spacial score (nSPS) is 20.4. The van der Waals surface area contributed by atoms with E-state index < -0.39 is 10.0 Å². The Morgan fingerprint density at radius 3 is 2.63 bits per heavy atom. The summed E-state index contributed by atoms with van der Waals surface area (Å²) >= 11 is 1.61. The topological polar surface area (TPSA) is 88.2 Å². The van der Waals surface area contributed by atoms with Gasteiger partial charge in [-0.2, -0.15) is 0 Å². The van der Waals surface area contributed by atoms with Crippen LogP contribution in [0.4, 0.5) is 5.69 Å². The van der Waals surface area contributed by atoms with Crippen LogP contribution in [0.2, 0.25) is 0 Å². The number of aromatic nitrogens is 1. The summed E-state index contributed by atoms with van der Waals surface area (Å²) in [5, 5.41) is 6.06. The molecule has 2 aromatic rings. The number of hydrogen-bond donors (Lipinski definition) is 2. The predicted octanol–water partition coefficient (Wildman–Crippen LogP) is 3.41. The standard InChI is InChI=1S/C19H25N3O3S2/c1-13-21-18(12-26-13)16-4-3-5-17(10-16)22-19(23)15-8-6-14(7-9-15)11-20-27(2,24)25/h3-5,10,12,14-15,20H,6-9,11H2,1-2H3,(H,22,23). The van der Waals surface area contributed by atoms with E-state index in [1.54, 1.807) is 11.3 Å². The van der Waals surface area contributed by atoms with Crippen LogP contribution >= 0.6 is 11.3 Å². The van der Waals surface area contributed by atoms with Gasteiger partial charge in [-0.25, -0.2) is 18.1 Å². The number of benzene rings is 1. The van der Waals surface area contributed by atoms with Crippen LogP contribution in [0.5, 0.6) is 0 Å². The van der Waals surface area contributed by atoms with Crippen LogP contribution in [-0.2, 0) is 14.8 Å². The van der Waals surface area contributed by atoms with Gasteiger partial charge in [0.05, 0.1) is 17.0 Å². The molecular formula is C19H25N3O3S2. The fourth-order valence-electron chi connectivity index (χ4n) is 3.39. The smallest absolute Gasteiger partial charge is 0.227 e. The minimum Gasteiger partial charge on any atom is -0.326 e. The van der Waals surface area contributed by atoms with Crippen molar-refractivity contribution in [1.29, 1.82) is 0 Å². The molecule has 0 radical (unpaired) electrons. The lowest BCUT2D eigenvalue weighted by atomic mass is 9.81. The van der Waals surface area contributed by atoms with Crippen LogP contribution in [0.1, 0.15) is 30.7 Å². The molecule has 0 bridgehead atoms. The molecule has 1 fully saturated rings. The Morgan fingerprint density at radius 2 is 2.00 bits per heavy atom. The summed E-state index contributed by atoms with van der Waals surface area (Å²) in [6, 6.07) is 7.76. The fourth-order valence-corrected chi connectivity index (χ4v) is 4.56. The quantitative estimate of drug-likeness (QED) is 0.768.